The van der Waals surface area contributed by atoms with Crippen molar-refractivity contribution in [2.75, 3.05) is 26.8 Å². The first-order valence-corrected chi connectivity index (χ1v) is 13.5. The predicted octanol–water partition coefficient (Wildman–Crippen LogP) is 4.51. The number of hydrogen-bond acceptors (Lipinski definition) is 6. The molecule has 2 heterocycles. The highest BCUT2D eigenvalue weighted by Crippen LogP contribution is 2.35. The summed E-state index contributed by atoms with van der Waals surface area (Å²) >= 11 is 1.59. The van der Waals surface area contributed by atoms with Crippen LogP contribution >= 0.6 is 11.3 Å². The molecule has 0 aliphatic carbocycles. The molecule has 1 aliphatic rings. The first-order valence-electron chi connectivity index (χ1n) is 12.6. The summed E-state index contributed by atoms with van der Waals surface area (Å²) in [4.78, 5) is 44.3. The number of nitrogens with zero attached hydrogens (tertiary/aromatic N) is 2. The standard InChI is InChI=1S/C29H36N2O5S/c1-7-36-28(34)25-23-18-20(2)24(35-6)19-21(23)14-16-30(25)26(32)27(33)31(29(3,4)5)15-10-8-9-12-22-13-11-17-37-22/h11,13,17-19,25H,7-8,10,14-16H2,1-6H3. The molecule has 0 saturated carbocycles. The fourth-order valence-corrected chi connectivity index (χ4v) is 5.07. The normalized spacial score (nSPS) is 14.8. The number of esters is 1. The van der Waals surface area contributed by atoms with Crippen molar-refractivity contribution >= 4 is 29.1 Å². The minimum atomic E-state index is -0.983. The third kappa shape index (κ3) is 6.72. The molecule has 2 amide bonds. The Morgan fingerprint density at radius 1 is 1.24 bits per heavy atom. The molecule has 1 aromatic heterocycles. The topological polar surface area (TPSA) is 76.1 Å². The van der Waals surface area contributed by atoms with Crippen LogP contribution in [0.4, 0.5) is 0 Å². The second-order valence-corrected chi connectivity index (χ2v) is 10.9. The van der Waals surface area contributed by atoms with Crippen molar-refractivity contribution < 1.29 is 23.9 Å². The van der Waals surface area contributed by atoms with E-state index in [1.807, 2.05) is 57.3 Å². The van der Waals surface area contributed by atoms with E-state index in [9.17, 15) is 14.4 Å². The molecule has 0 N–H and O–H groups in total. The molecule has 0 spiro atoms. The number of benzene rings is 1. The predicted molar refractivity (Wildman–Crippen MR) is 144 cm³/mol. The average molecular weight is 525 g/mol. The van der Waals surface area contributed by atoms with Crippen LogP contribution in [0, 0.1) is 18.8 Å². The van der Waals surface area contributed by atoms with E-state index in [4.69, 9.17) is 9.47 Å². The second kappa shape index (κ2) is 12.3. The van der Waals surface area contributed by atoms with Crippen LogP contribution in [-0.2, 0) is 25.5 Å². The van der Waals surface area contributed by atoms with Crippen molar-refractivity contribution in [3.8, 4) is 17.6 Å². The highest BCUT2D eigenvalue weighted by Gasteiger charge is 2.42. The molecule has 1 aliphatic heterocycles. The monoisotopic (exact) mass is 524 g/mol. The maximum atomic E-state index is 13.6. The molecule has 0 fully saturated rings. The molecule has 1 unspecified atom stereocenters. The Morgan fingerprint density at radius 3 is 2.62 bits per heavy atom. The molecule has 198 valence electrons. The smallest absolute Gasteiger partial charge is 0.333 e. The lowest BCUT2D eigenvalue weighted by molar-refractivity contribution is -0.162. The second-order valence-electron chi connectivity index (χ2n) is 9.93. The summed E-state index contributed by atoms with van der Waals surface area (Å²) in [5.74, 6) is 5.12. The third-order valence-corrected chi connectivity index (χ3v) is 7.10. The first kappa shape index (κ1) is 28.3. The van der Waals surface area contributed by atoms with E-state index >= 15 is 0 Å². The number of carbonyl (C=O) groups excluding carboxylic acids is 3. The van der Waals surface area contributed by atoms with Gasteiger partial charge in [-0.25, -0.2) is 4.79 Å². The quantitative estimate of drug-likeness (QED) is 0.241. The Kier molecular flexibility index (Phi) is 9.39. The van der Waals surface area contributed by atoms with Crippen LogP contribution in [0.25, 0.3) is 0 Å². The maximum absolute atomic E-state index is 13.6. The van der Waals surface area contributed by atoms with Crippen LogP contribution in [0.5, 0.6) is 5.75 Å². The lowest BCUT2D eigenvalue weighted by Crippen LogP contribution is -2.55. The number of fused-ring (bicyclic) bond motifs is 1. The molecular weight excluding hydrogens is 488 g/mol. The summed E-state index contributed by atoms with van der Waals surface area (Å²) in [6.45, 7) is 10.1. The molecule has 0 radical (unpaired) electrons. The molecular formula is C29H36N2O5S. The fourth-order valence-electron chi connectivity index (χ4n) is 4.48. The van der Waals surface area contributed by atoms with Crippen molar-refractivity contribution in [1.82, 2.24) is 9.80 Å². The van der Waals surface area contributed by atoms with Crippen LogP contribution in [0.2, 0.25) is 0 Å². The Hall–Kier alpha value is -3.31. The summed E-state index contributed by atoms with van der Waals surface area (Å²) < 4.78 is 10.8. The number of ether oxygens (including phenoxy) is 2. The zero-order valence-corrected chi connectivity index (χ0v) is 23.4. The van der Waals surface area contributed by atoms with E-state index in [1.165, 1.54) is 4.90 Å². The number of carbonyl (C=O) groups is 3. The largest absolute Gasteiger partial charge is 0.496 e. The van der Waals surface area contributed by atoms with Gasteiger partial charge < -0.3 is 19.3 Å². The number of amides is 2. The van der Waals surface area contributed by atoms with Gasteiger partial charge in [0.1, 0.15) is 5.75 Å². The van der Waals surface area contributed by atoms with Crippen molar-refractivity contribution in [1.29, 1.82) is 0 Å². The summed E-state index contributed by atoms with van der Waals surface area (Å²) in [6, 6.07) is 6.70. The zero-order valence-electron chi connectivity index (χ0n) is 22.6. The molecule has 1 atom stereocenters. The van der Waals surface area contributed by atoms with Gasteiger partial charge in [0.2, 0.25) is 0 Å². The summed E-state index contributed by atoms with van der Waals surface area (Å²) in [5.41, 5.74) is 1.85. The minimum Gasteiger partial charge on any atom is -0.496 e. The first-order chi connectivity index (χ1) is 17.6. The molecule has 37 heavy (non-hydrogen) atoms. The van der Waals surface area contributed by atoms with E-state index < -0.39 is 29.4 Å². The Labute approximate surface area is 223 Å². The van der Waals surface area contributed by atoms with Crippen LogP contribution in [0.1, 0.15) is 68.1 Å². The Morgan fingerprint density at radius 2 is 2.00 bits per heavy atom. The lowest BCUT2D eigenvalue weighted by atomic mass is 9.90. The van der Waals surface area contributed by atoms with Gasteiger partial charge >= 0.3 is 17.8 Å². The molecule has 0 bridgehead atoms. The summed E-state index contributed by atoms with van der Waals surface area (Å²) in [5, 5.41) is 1.98. The van der Waals surface area contributed by atoms with Crippen LogP contribution in [0.3, 0.4) is 0 Å². The number of aryl methyl sites for hydroxylation is 1. The summed E-state index contributed by atoms with van der Waals surface area (Å²) in [7, 11) is 1.60. The Balaban J connectivity index is 1.83. The Bertz CT molecular complexity index is 1190. The number of thiophene rings is 1. The fraction of sp³-hybridized carbons (Fsp3) is 0.483. The van der Waals surface area contributed by atoms with Gasteiger partial charge in [-0.3, -0.25) is 9.59 Å². The zero-order chi connectivity index (χ0) is 27.2. The van der Waals surface area contributed by atoms with E-state index in [2.05, 4.69) is 11.8 Å². The highest BCUT2D eigenvalue weighted by atomic mass is 32.1. The van der Waals surface area contributed by atoms with Crippen molar-refractivity contribution in [3.63, 3.8) is 0 Å². The van der Waals surface area contributed by atoms with Gasteiger partial charge in [0.05, 0.1) is 18.6 Å². The van der Waals surface area contributed by atoms with Gasteiger partial charge in [-0.1, -0.05) is 17.9 Å². The number of methoxy groups -OCH3 is 1. The van der Waals surface area contributed by atoms with E-state index in [-0.39, 0.29) is 13.2 Å². The third-order valence-electron chi connectivity index (χ3n) is 6.31. The number of unbranched alkanes of at least 4 members (excludes halogenated alkanes) is 1. The van der Waals surface area contributed by atoms with Gasteiger partial charge in [0.15, 0.2) is 6.04 Å². The molecule has 7 nitrogen and oxygen atoms in total. The van der Waals surface area contributed by atoms with Crippen LogP contribution < -0.4 is 4.74 Å². The maximum Gasteiger partial charge on any atom is 0.333 e. The van der Waals surface area contributed by atoms with Crippen LogP contribution in [0.15, 0.2) is 29.6 Å². The molecule has 8 heteroatoms. The van der Waals surface area contributed by atoms with E-state index in [1.54, 1.807) is 30.3 Å². The molecule has 0 saturated heterocycles. The minimum absolute atomic E-state index is 0.177. The lowest BCUT2D eigenvalue weighted by Gasteiger charge is -2.39. The highest BCUT2D eigenvalue weighted by molar-refractivity contribution is 7.10. The SMILES string of the molecule is CCOC(=O)C1c2cc(C)c(OC)cc2CCN1C(=O)C(=O)N(CCCC#Cc1cccs1)C(C)(C)C. The van der Waals surface area contributed by atoms with Gasteiger partial charge in [-0.15, -0.1) is 11.3 Å². The van der Waals surface area contributed by atoms with E-state index in [0.29, 0.717) is 31.4 Å². The average Bonchev–Trinajstić information content (AvgIpc) is 3.37. The van der Waals surface area contributed by atoms with Crippen molar-refractivity contribution in [3.05, 3.63) is 51.2 Å². The van der Waals surface area contributed by atoms with Crippen molar-refractivity contribution in [2.45, 2.75) is 65.5 Å². The van der Waals surface area contributed by atoms with Crippen molar-refractivity contribution in [2.24, 2.45) is 0 Å². The summed E-state index contributed by atoms with van der Waals surface area (Å²) in [6.07, 6.45) is 1.75. The van der Waals surface area contributed by atoms with Gasteiger partial charge in [-0.05, 0) is 87.7 Å². The van der Waals surface area contributed by atoms with Gasteiger partial charge in [0, 0.05) is 25.0 Å². The number of hydrogen-bond donors (Lipinski definition) is 0. The molecule has 3 rings (SSSR count). The van der Waals surface area contributed by atoms with E-state index in [0.717, 1.165) is 21.8 Å². The van der Waals surface area contributed by atoms with Gasteiger partial charge in [0.25, 0.3) is 0 Å². The van der Waals surface area contributed by atoms with Crippen LogP contribution in [-0.4, -0.2) is 59.9 Å². The number of rotatable bonds is 6. The molecule has 1 aromatic carbocycles. The van der Waals surface area contributed by atoms with Gasteiger partial charge in [-0.2, -0.15) is 0 Å². The molecule has 2 aromatic rings.